The summed E-state index contributed by atoms with van der Waals surface area (Å²) in [5, 5.41) is 5.48. The number of primary amides is 1. The number of hydrogen-bond acceptors (Lipinski definition) is 7. The second-order valence-corrected chi connectivity index (χ2v) is 14.0. The van der Waals surface area contributed by atoms with Crippen LogP contribution in [0.3, 0.4) is 0 Å². The molecule has 2 aromatic carbocycles. The molecule has 47 heavy (non-hydrogen) atoms. The number of rotatable bonds is 13. The molecule has 0 aliphatic heterocycles. The average Bonchev–Trinajstić information content (AvgIpc) is 2.93. The summed E-state index contributed by atoms with van der Waals surface area (Å²) in [5.74, 6) is -2.51. The Morgan fingerprint density at radius 3 is 1.94 bits per heavy atom. The van der Waals surface area contributed by atoms with Crippen molar-refractivity contribution in [1.29, 1.82) is 0 Å². The summed E-state index contributed by atoms with van der Waals surface area (Å²) in [6, 6.07) is 10.6. The monoisotopic (exact) mass is 652 g/mol. The van der Waals surface area contributed by atoms with Gasteiger partial charge in [0.25, 0.3) is 0 Å². The van der Waals surface area contributed by atoms with Crippen LogP contribution >= 0.6 is 0 Å². The molecule has 258 valence electrons. The second kappa shape index (κ2) is 16.4. The highest BCUT2D eigenvalue weighted by Gasteiger charge is 2.40. The SMILES string of the molecule is Cc1cccc(C(C(=O)NC(Cc2ccccc2)C(=O)OC(C)(C)C)N(C(=O)C(CCC(N)=O)NC(=O)OC(C)(C)C)C(C)C)c1C. The lowest BCUT2D eigenvalue weighted by atomic mass is 9.93. The molecule has 4 N–H and O–H groups in total. The van der Waals surface area contributed by atoms with Crippen LogP contribution in [0.15, 0.2) is 48.5 Å². The van der Waals surface area contributed by atoms with Crippen LogP contribution in [0.2, 0.25) is 0 Å². The first kappa shape index (κ1) is 38.8. The molecule has 0 saturated heterocycles. The van der Waals surface area contributed by atoms with Gasteiger partial charge in [0.05, 0.1) is 0 Å². The Morgan fingerprint density at radius 1 is 0.809 bits per heavy atom. The van der Waals surface area contributed by atoms with Crippen LogP contribution in [-0.4, -0.2) is 64.0 Å². The highest BCUT2D eigenvalue weighted by atomic mass is 16.6. The van der Waals surface area contributed by atoms with Crippen molar-refractivity contribution in [2.45, 2.75) is 124 Å². The van der Waals surface area contributed by atoms with Crippen molar-refractivity contribution in [3.8, 4) is 0 Å². The maximum Gasteiger partial charge on any atom is 0.408 e. The predicted molar refractivity (Wildman–Crippen MR) is 180 cm³/mol. The fourth-order valence-electron chi connectivity index (χ4n) is 5.01. The fourth-order valence-corrected chi connectivity index (χ4v) is 5.01. The van der Waals surface area contributed by atoms with Gasteiger partial charge in [-0.1, -0.05) is 48.5 Å². The third-order valence-electron chi connectivity index (χ3n) is 7.24. The molecule has 0 aliphatic rings. The van der Waals surface area contributed by atoms with Gasteiger partial charge in [-0.25, -0.2) is 9.59 Å². The lowest BCUT2D eigenvalue weighted by Crippen LogP contribution is -2.57. The van der Waals surface area contributed by atoms with Crippen LogP contribution in [0.25, 0.3) is 0 Å². The van der Waals surface area contributed by atoms with Gasteiger partial charge in [-0.15, -0.1) is 0 Å². The molecule has 3 atom stereocenters. The first-order chi connectivity index (χ1) is 21.7. The zero-order valence-electron chi connectivity index (χ0n) is 29.4. The van der Waals surface area contributed by atoms with Crippen molar-refractivity contribution < 1.29 is 33.4 Å². The van der Waals surface area contributed by atoms with Gasteiger partial charge >= 0.3 is 12.1 Å². The number of nitrogens with two attached hydrogens (primary N) is 1. The van der Waals surface area contributed by atoms with E-state index in [1.54, 1.807) is 67.5 Å². The number of amides is 4. The summed E-state index contributed by atoms with van der Waals surface area (Å²) in [7, 11) is 0. The molecule has 0 radical (unpaired) electrons. The molecule has 0 spiro atoms. The molecule has 0 heterocycles. The summed E-state index contributed by atoms with van der Waals surface area (Å²) in [4.78, 5) is 68.4. The van der Waals surface area contributed by atoms with E-state index < -0.39 is 65.2 Å². The highest BCUT2D eigenvalue weighted by molar-refractivity contribution is 5.94. The first-order valence-electron chi connectivity index (χ1n) is 15.9. The average molecular weight is 653 g/mol. The lowest BCUT2D eigenvalue weighted by molar-refractivity contribution is -0.159. The van der Waals surface area contributed by atoms with Crippen molar-refractivity contribution in [2.75, 3.05) is 0 Å². The van der Waals surface area contributed by atoms with Crippen LogP contribution in [0.5, 0.6) is 0 Å². The Morgan fingerprint density at radius 2 is 1.40 bits per heavy atom. The Labute approximate surface area is 278 Å². The van der Waals surface area contributed by atoms with E-state index in [1.807, 2.05) is 50.2 Å². The molecule has 0 fully saturated rings. The van der Waals surface area contributed by atoms with E-state index >= 15 is 0 Å². The first-order valence-corrected chi connectivity index (χ1v) is 15.9. The Hall–Kier alpha value is -4.41. The van der Waals surface area contributed by atoms with E-state index in [1.165, 1.54) is 4.90 Å². The number of nitrogens with one attached hydrogen (secondary N) is 2. The number of carbonyl (C=O) groups is 5. The molecule has 0 aromatic heterocycles. The number of carbonyl (C=O) groups excluding carboxylic acids is 5. The molecule has 11 heteroatoms. The third-order valence-corrected chi connectivity index (χ3v) is 7.24. The van der Waals surface area contributed by atoms with Crippen molar-refractivity contribution in [3.05, 3.63) is 70.8 Å². The van der Waals surface area contributed by atoms with Crippen LogP contribution in [0.4, 0.5) is 4.79 Å². The minimum atomic E-state index is -1.24. The summed E-state index contributed by atoms with van der Waals surface area (Å²) in [6.45, 7) is 17.5. The summed E-state index contributed by atoms with van der Waals surface area (Å²) in [5.41, 5.74) is 6.76. The number of aryl methyl sites for hydroxylation is 1. The van der Waals surface area contributed by atoms with Crippen molar-refractivity contribution >= 4 is 29.8 Å². The number of benzene rings is 2. The van der Waals surface area contributed by atoms with E-state index in [0.717, 1.165) is 16.7 Å². The van der Waals surface area contributed by atoms with Gasteiger partial charge in [-0.3, -0.25) is 14.4 Å². The van der Waals surface area contributed by atoms with Gasteiger partial charge in [0.1, 0.15) is 29.3 Å². The van der Waals surface area contributed by atoms with Crippen LogP contribution in [0, 0.1) is 13.8 Å². The van der Waals surface area contributed by atoms with Crippen molar-refractivity contribution in [2.24, 2.45) is 5.73 Å². The van der Waals surface area contributed by atoms with E-state index in [2.05, 4.69) is 10.6 Å². The normalized spacial score (nSPS) is 13.6. The minimum absolute atomic E-state index is 0.119. The standard InChI is InChI=1S/C36H52N4O7/c1-22(2)40(32(43)27(19-20-29(37)41)39-34(45)47-36(8,9)10)30(26-18-14-15-23(3)24(26)4)31(42)38-28(33(44)46-35(5,6)7)21-25-16-12-11-13-17-25/h11-18,22,27-28,30H,19-21H2,1-10H3,(H2,37,41)(H,38,42)(H,39,45). The minimum Gasteiger partial charge on any atom is -0.458 e. The maximum atomic E-state index is 14.5. The van der Waals surface area contributed by atoms with Crippen LogP contribution in [0.1, 0.15) is 96.5 Å². The molecule has 0 aliphatic carbocycles. The zero-order valence-corrected chi connectivity index (χ0v) is 29.4. The van der Waals surface area contributed by atoms with Gasteiger partial charge in [-0.05, 0) is 97.9 Å². The van der Waals surface area contributed by atoms with E-state index in [-0.39, 0.29) is 19.3 Å². The molecule has 3 unspecified atom stereocenters. The Balaban J connectivity index is 2.66. The fraction of sp³-hybridized carbons (Fsp3) is 0.528. The molecule has 11 nitrogen and oxygen atoms in total. The van der Waals surface area contributed by atoms with Gasteiger partial charge in [0.2, 0.25) is 17.7 Å². The van der Waals surface area contributed by atoms with Gasteiger partial charge in [0, 0.05) is 18.9 Å². The number of alkyl carbamates (subject to hydrolysis) is 1. The second-order valence-electron chi connectivity index (χ2n) is 14.0. The Bertz CT molecular complexity index is 1410. The van der Waals surface area contributed by atoms with Gasteiger partial charge in [-0.2, -0.15) is 0 Å². The number of esters is 1. The maximum absolute atomic E-state index is 14.5. The summed E-state index contributed by atoms with van der Waals surface area (Å²) in [6.07, 6.45) is -1.02. The third kappa shape index (κ3) is 12.4. The predicted octanol–water partition coefficient (Wildman–Crippen LogP) is 4.81. The van der Waals surface area contributed by atoms with Crippen LogP contribution in [-0.2, 0) is 35.1 Å². The van der Waals surface area contributed by atoms with Crippen LogP contribution < -0.4 is 16.4 Å². The van der Waals surface area contributed by atoms with Gasteiger partial charge < -0.3 is 30.7 Å². The largest absolute Gasteiger partial charge is 0.458 e. The molecule has 2 aromatic rings. The van der Waals surface area contributed by atoms with Gasteiger partial charge in [0.15, 0.2) is 0 Å². The smallest absolute Gasteiger partial charge is 0.408 e. The van der Waals surface area contributed by atoms with E-state index in [4.69, 9.17) is 15.2 Å². The van der Waals surface area contributed by atoms with Crippen molar-refractivity contribution in [1.82, 2.24) is 15.5 Å². The van der Waals surface area contributed by atoms with E-state index in [9.17, 15) is 24.0 Å². The zero-order chi connectivity index (χ0) is 35.7. The van der Waals surface area contributed by atoms with Crippen molar-refractivity contribution in [3.63, 3.8) is 0 Å². The lowest BCUT2D eigenvalue weighted by Gasteiger charge is -2.38. The Kier molecular flexibility index (Phi) is 13.5. The molecule has 0 bridgehead atoms. The molecule has 2 rings (SSSR count). The number of nitrogens with zero attached hydrogens (tertiary/aromatic N) is 1. The highest BCUT2D eigenvalue weighted by Crippen LogP contribution is 2.30. The van der Waals surface area contributed by atoms with E-state index in [0.29, 0.717) is 5.56 Å². The summed E-state index contributed by atoms with van der Waals surface area (Å²) >= 11 is 0. The molecular formula is C36H52N4O7. The molecular weight excluding hydrogens is 600 g/mol. The quantitative estimate of drug-likeness (QED) is 0.262. The topological polar surface area (TPSA) is 157 Å². The molecule has 4 amide bonds. The molecule has 0 saturated carbocycles. The number of ether oxygens (including phenoxy) is 2. The summed E-state index contributed by atoms with van der Waals surface area (Å²) < 4.78 is 11.1. The number of hydrogen-bond donors (Lipinski definition) is 3.